The van der Waals surface area contributed by atoms with Gasteiger partial charge in [-0.15, -0.1) is 0 Å². The van der Waals surface area contributed by atoms with Crippen LogP contribution in [0, 0.1) is 6.92 Å². The number of rotatable bonds is 2. The zero-order chi connectivity index (χ0) is 11.0. The summed E-state index contributed by atoms with van der Waals surface area (Å²) in [5.41, 5.74) is 1.03. The summed E-state index contributed by atoms with van der Waals surface area (Å²) < 4.78 is 1.99. The van der Waals surface area contributed by atoms with Gasteiger partial charge in [-0.3, -0.25) is 0 Å². The molecule has 1 rings (SSSR count). The summed E-state index contributed by atoms with van der Waals surface area (Å²) in [7, 11) is 0. The van der Waals surface area contributed by atoms with Crippen molar-refractivity contribution >= 4 is 18.6 Å². The number of hydrogen-bond donors (Lipinski definition) is 0. The lowest BCUT2D eigenvalue weighted by molar-refractivity contribution is -0.106. The minimum absolute atomic E-state index is 0.750. The van der Waals surface area contributed by atoms with E-state index in [1.54, 1.807) is 6.08 Å². The normalized spacial score (nSPS) is 9.36. The lowest BCUT2D eigenvalue weighted by Crippen LogP contribution is -1.91. The summed E-state index contributed by atoms with van der Waals surface area (Å²) in [5, 5.41) is 0. The largest absolute Gasteiger partial charge is 0.304 e. The van der Waals surface area contributed by atoms with Gasteiger partial charge in [-0.05, 0) is 26.8 Å². The molecule has 0 N–H and O–H groups in total. The van der Waals surface area contributed by atoms with Crippen molar-refractivity contribution in [1.29, 1.82) is 0 Å². The summed E-state index contributed by atoms with van der Waals surface area (Å²) in [6.07, 6.45) is 8.30. The summed E-state index contributed by atoms with van der Waals surface area (Å²) >= 11 is 0. The topological polar surface area (TPSA) is 34.9 Å². The van der Waals surface area contributed by atoms with Crippen LogP contribution in [0.5, 0.6) is 0 Å². The first-order chi connectivity index (χ1) is 6.71. The Morgan fingerprint density at radius 2 is 2.07 bits per heavy atom. The molecule has 76 valence electrons. The van der Waals surface area contributed by atoms with Gasteiger partial charge in [0.25, 0.3) is 0 Å². The quantitative estimate of drug-likeness (QED) is 0.675. The van der Waals surface area contributed by atoms with Crippen molar-refractivity contribution < 1.29 is 4.79 Å². The number of aromatic nitrogens is 2. The Bertz CT molecular complexity index is 324. The van der Waals surface area contributed by atoms with Gasteiger partial charge < -0.3 is 9.36 Å². The molecule has 0 unspecified atom stereocenters. The van der Waals surface area contributed by atoms with Crippen LogP contribution in [0.3, 0.4) is 0 Å². The average Bonchev–Trinajstić information content (AvgIpc) is 2.50. The van der Waals surface area contributed by atoms with Gasteiger partial charge in [0.2, 0.25) is 0 Å². The van der Waals surface area contributed by atoms with Crippen LogP contribution in [0.2, 0.25) is 0 Å². The zero-order valence-electron chi connectivity index (χ0n) is 8.90. The molecule has 0 aliphatic heterocycles. The fourth-order valence-corrected chi connectivity index (χ4v) is 0.965. The summed E-state index contributed by atoms with van der Waals surface area (Å²) in [6.45, 7) is 9.08. The highest BCUT2D eigenvalue weighted by Crippen LogP contribution is 2.05. The van der Waals surface area contributed by atoms with E-state index in [2.05, 4.69) is 11.6 Å². The molecule has 14 heavy (non-hydrogen) atoms. The van der Waals surface area contributed by atoms with Crippen LogP contribution in [-0.4, -0.2) is 15.8 Å². The smallest absolute Gasteiger partial charge is 0.116 e. The Morgan fingerprint density at radius 1 is 1.50 bits per heavy atom. The number of aldehydes is 1. The van der Waals surface area contributed by atoms with Gasteiger partial charge in [-0.25, -0.2) is 4.98 Å². The second kappa shape index (κ2) is 6.83. The van der Waals surface area contributed by atoms with Gasteiger partial charge in [0.1, 0.15) is 12.1 Å². The number of hydrogen-bond acceptors (Lipinski definition) is 2. The Labute approximate surface area is 84.8 Å². The van der Waals surface area contributed by atoms with Gasteiger partial charge >= 0.3 is 0 Å². The molecule has 0 radical (unpaired) electrons. The molecule has 0 aromatic carbocycles. The fraction of sp³-hybridized carbons (Fsp3) is 0.273. The van der Waals surface area contributed by atoms with Crippen molar-refractivity contribution in [1.82, 2.24) is 9.55 Å². The van der Waals surface area contributed by atoms with Crippen molar-refractivity contribution in [2.24, 2.45) is 0 Å². The summed E-state index contributed by atoms with van der Waals surface area (Å²) in [6, 6.07) is 0. The lowest BCUT2D eigenvalue weighted by atomic mass is 10.4. The minimum atomic E-state index is 0.750. The van der Waals surface area contributed by atoms with Crippen LogP contribution in [0.15, 0.2) is 18.9 Å². The Hall–Kier alpha value is -1.64. The van der Waals surface area contributed by atoms with Crippen molar-refractivity contribution in [2.75, 3.05) is 0 Å². The maximum Gasteiger partial charge on any atom is 0.116 e. The van der Waals surface area contributed by atoms with E-state index in [0.717, 1.165) is 17.8 Å². The van der Waals surface area contributed by atoms with Gasteiger partial charge in [0.15, 0.2) is 0 Å². The highest BCUT2D eigenvalue weighted by molar-refractivity contribution is 5.46. The van der Waals surface area contributed by atoms with Gasteiger partial charge in [-0.1, -0.05) is 12.7 Å². The molecule has 3 nitrogen and oxygen atoms in total. The van der Waals surface area contributed by atoms with E-state index in [4.69, 9.17) is 4.79 Å². The second-order valence-electron chi connectivity index (χ2n) is 2.52. The molecule has 1 aromatic heterocycles. The van der Waals surface area contributed by atoms with Crippen LogP contribution in [-0.2, 0) is 4.79 Å². The molecule has 0 aliphatic rings. The van der Waals surface area contributed by atoms with Gasteiger partial charge in [0, 0.05) is 6.20 Å². The number of aryl methyl sites for hydroxylation is 1. The van der Waals surface area contributed by atoms with Crippen LogP contribution >= 0.6 is 0 Å². The van der Waals surface area contributed by atoms with Crippen LogP contribution in [0.4, 0.5) is 0 Å². The summed E-state index contributed by atoms with van der Waals surface area (Å²) in [4.78, 5) is 13.0. The van der Waals surface area contributed by atoms with E-state index in [1.807, 2.05) is 36.9 Å². The molecule has 0 fully saturated rings. The summed E-state index contributed by atoms with van der Waals surface area (Å²) in [5.74, 6) is 0.984. The predicted octanol–water partition coefficient (Wildman–Crippen LogP) is 2.53. The number of allylic oxidation sites excluding steroid dienone is 1. The van der Waals surface area contributed by atoms with E-state index in [1.165, 1.54) is 6.92 Å². The van der Waals surface area contributed by atoms with Crippen molar-refractivity contribution in [3.63, 3.8) is 0 Å². The van der Waals surface area contributed by atoms with E-state index >= 15 is 0 Å². The molecule has 0 aliphatic carbocycles. The third-order valence-electron chi connectivity index (χ3n) is 1.52. The molecular weight excluding hydrogens is 176 g/mol. The molecule has 1 aromatic rings. The molecule has 0 bridgehead atoms. The van der Waals surface area contributed by atoms with Crippen LogP contribution in [0.1, 0.15) is 25.4 Å². The van der Waals surface area contributed by atoms with Crippen LogP contribution in [0.25, 0.3) is 12.3 Å². The standard InChI is InChI=1S/C9H12N2.C2H4O/c1-4-6-11-8(3)10-7-9(11)5-2;1-2-3/h4-7H,2H2,1,3H3;2H,1H3/b6-4-;. The Morgan fingerprint density at radius 3 is 2.50 bits per heavy atom. The van der Waals surface area contributed by atoms with Crippen molar-refractivity contribution in [2.45, 2.75) is 20.8 Å². The van der Waals surface area contributed by atoms with Crippen molar-refractivity contribution in [3.8, 4) is 0 Å². The van der Waals surface area contributed by atoms with E-state index in [9.17, 15) is 0 Å². The molecule has 0 saturated carbocycles. The zero-order valence-corrected chi connectivity index (χ0v) is 8.90. The fourth-order valence-electron chi connectivity index (χ4n) is 0.965. The van der Waals surface area contributed by atoms with Crippen LogP contribution < -0.4 is 0 Å². The number of imidazole rings is 1. The highest BCUT2D eigenvalue weighted by Gasteiger charge is 1.97. The number of carbonyl (C=O) groups is 1. The lowest BCUT2D eigenvalue weighted by Gasteiger charge is -1.98. The molecule has 0 amide bonds. The number of nitrogens with zero attached hydrogens (tertiary/aromatic N) is 2. The van der Waals surface area contributed by atoms with E-state index < -0.39 is 0 Å². The predicted molar refractivity (Wildman–Crippen MR) is 59.8 cm³/mol. The molecule has 3 heteroatoms. The molecule has 0 atom stereocenters. The maximum absolute atomic E-state index is 8.81. The van der Waals surface area contributed by atoms with Gasteiger partial charge in [0.05, 0.1) is 11.9 Å². The van der Waals surface area contributed by atoms with E-state index in [0.29, 0.717) is 0 Å². The van der Waals surface area contributed by atoms with Gasteiger partial charge in [-0.2, -0.15) is 0 Å². The van der Waals surface area contributed by atoms with E-state index in [-0.39, 0.29) is 0 Å². The SMILES string of the molecule is C=Cc1cnc(C)n1/C=C\C.CC=O. The molecule has 0 spiro atoms. The molecule has 0 saturated heterocycles. The third-order valence-corrected chi connectivity index (χ3v) is 1.52. The molecular formula is C11H16N2O. The molecule has 1 heterocycles. The average molecular weight is 192 g/mol. The first kappa shape index (κ1) is 12.4. The number of carbonyl (C=O) groups excluding carboxylic acids is 1. The minimum Gasteiger partial charge on any atom is -0.304 e. The monoisotopic (exact) mass is 192 g/mol. The Kier molecular flexibility index (Phi) is 6.03. The third kappa shape index (κ3) is 3.39. The Balaban J connectivity index is 0.000000500. The second-order valence-corrected chi connectivity index (χ2v) is 2.52. The van der Waals surface area contributed by atoms with Crippen molar-refractivity contribution in [3.05, 3.63) is 30.4 Å². The first-order valence-electron chi connectivity index (χ1n) is 4.40. The first-order valence-corrected chi connectivity index (χ1v) is 4.40. The highest BCUT2D eigenvalue weighted by atomic mass is 16.1. The maximum atomic E-state index is 8.81.